The number of carbonyl (C=O) groups excluding carboxylic acids is 2. The number of hydroxylamine groups is 1. The van der Waals surface area contributed by atoms with E-state index < -0.39 is 30.0 Å². The Morgan fingerprint density at radius 2 is 1.92 bits per heavy atom. The van der Waals surface area contributed by atoms with Gasteiger partial charge in [0, 0.05) is 21.8 Å². The number of fused-ring (bicyclic) bond motifs is 1. The second kappa shape index (κ2) is 10.5. The van der Waals surface area contributed by atoms with Gasteiger partial charge in [-0.3, -0.25) is 19.4 Å². The van der Waals surface area contributed by atoms with Crippen LogP contribution in [0.5, 0.6) is 0 Å². The maximum Gasteiger partial charge on any atom is 0.255 e. The molecule has 2 aliphatic rings. The van der Waals surface area contributed by atoms with E-state index in [1.165, 1.54) is 4.90 Å². The molecule has 1 fully saturated rings. The third-order valence-corrected chi connectivity index (χ3v) is 7.00. The zero-order valence-corrected chi connectivity index (χ0v) is 20.5. The molecule has 1 saturated heterocycles. The molecule has 1 aromatic heterocycles. The second-order valence-corrected chi connectivity index (χ2v) is 9.48. The number of hydrogen-bond acceptors (Lipinski definition) is 6. The van der Waals surface area contributed by atoms with E-state index in [4.69, 9.17) is 32.8 Å². The summed E-state index contributed by atoms with van der Waals surface area (Å²) >= 11 is 12.8. The van der Waals surface area contributed by atoms with Crippen molar-refractivity contribution in [2.45, 2.75) is 30.7 Å². The van der Waals surface area contributed by atoms with Crippen LogP contribution in [0.25, 0.3) is 0 Å². The van der Waals surface area contributed by atoms with Crippen molar-refractivity contribution >= 4 is 35.0 Å². The molecule has 10 heteroatoms. The lowest BCUT2D eigenvalue weighted by Crippen LogP contribution is -2.54. The van der Waals surface area contributed by atoms with Crippen LogP contribution in [0.1, 0.15) is 39.1 Å². The summed E-state index contributed by atoms with van der Waals surface area (Å²) in [6.07, 6.45) is 0.714. The summed E-state index contributed by atoms with van der Waals surface area (Å²) in [6.45, 7) is 0.271. The number of hydrogen-bond donors (Lipinski definition) is 2. The van der Waals surface area contributed by atoms with Crippen LogP contribution < -0.4 is 5.48 Å². The fraction of sp³-hybridized carbons (Fsp3) is 0.269. The monoisotopic (exact) mass is 527 g/mol. The first-order valence-corrected chi connectivity index (χ1v) is 12.1. The van der Waals surface area contributed by atoms with E-state index in [9.17, 15) is 14.7 Å². The van der Waals surface area contributed by atoms with E-state index in [2.05, 4.69) is 10.5 Å². The lowest BCUT2D eigenvalue weighted by Gasteiger charge is -2.45. The summed E-state index contributed by atoms with van der Waals surface area (Å²) < 4.78 is 5.47. The molecule has 2 amide bonds. The molecule has 5 rings (SSSR count). The summed E-state index contributed by atoms with van der Waals surface area (Å²) in [4.78, 5) is 38.7. The van der Waals surface area contributed by atoms with Gasteiger partial charge in [-0.25, -0.2) is 5.48 Å². The Morgan fingerprint density at radius 3 is 2.64 bits per heavy atom. The Bertz CT molecular complexity index is 1280. The standard InChI is InChI=1S/C26H23Cl2N3O5/c27-15-8-9-19(20(28)11-15)24-23(25(33)30-36-12-16-5-3-4-10-29-16)17-6-1-2-7-18(17)26(34)31(24)21-13-35-14-22(21)32/h1-11,21-24,32H,12-14H2,(H,30,33). The minimum absolute atomic E-state index is 0.0607. The minimum Gasteiger partial charge on any atom is -0.388 e. The van der Waals surface area contributed by atoms with Crippen molar-refractivity contribution in [3.63, 3.8) is 0 Å². The highest BCUT2D eigenvalue weighted by molar-refractivity contribution is 6.35. The number of rotatable bonds is 6. The molecule has 0 aliphatic carbocycles. The number of halogens is 2. The first-order valence-electron chi connectivity index (χ1n) is 11.4. The molecule has 4 atom stereocenters. The largest absolute Gasteiger partial charge is 0.388 e. The van der Waals surface area contributed by atoms with Gasteiger partial charge in [0.2, 0.25) is 0 Å². The number of amides is 2. The smallest absolute Gasteiger partial charge is 0.255 e. The topological polar surface area (TPSA) is 101 Å². The van der Waals surface area contributed by atoms with Crippen molar-refractivity contribution in [3.8, 4) is 0 Å². The first kappa shape index (κ1) is 24.7. The second-order valence-electron chi connectivity index (χ2n) is 8.64. The van der Waals surface area contributed by atoms with Crippen molar-refractivity contribution in [2.24, 2.45) is 0 Å². The molecule has 4 unspecified atom stereocenters. The van der Waals surface area contributed by atoms with Gasteiger partial charge in [0.25, 0.3) is 11.8 Å². The van der Waals surface area contributed by atoms with Gasteiger partial charge in [-0.15, -0.1) is 0 Å². The van der Waals surface area contributed by atoms with Crippen LogP contribution in [0.15, 0.2) is 66.9 Å². The molecule has 2 N–H and O–H groups in total. The molecule has 3 heterocycles. The number of nitrogens with one attached hydrogen (secondary N) is 1. The summed E-state index contributed by atoms with van der Waals surface area (Å²) in [7, 11) is 0. The number of nitrogens with zero attached hydrogens (tertiary/aromatic N) is 2. The molecule has 0 bridgehead atoms. The van der Waals surface area contributed by atoms with Crippen molar-refractivity contribution in [1.29, 1.82) is 0 Å². The third-order valence-electron chi connectivity index (χ3n) is 6.44. The van der Waals surface area contributed by atoms with Crippen LogP contribution >= 0.6 is 23.2 Å². The normalized spacial score (nSPS) is 23.4. The van der Waals surface area contributed by atoms with Gasteiger partial charge in [-0.2, -0.15) is 0 Å². The number of ether oxygens (including phenoxy) is 1. The Hall–Kier alpha value is -3.01. The van der Waals surface area contributed by atoms with Gasteiger partial charge in [0.15, 0.2) is 0 Å². The number of aliphatic hydroxyl groups excluding tert-OH is 1. The van der Waals surface area contributed by atoms with Crippen LogP contribution in [0.2, 0.25) is 10.0 Å². The zero-order chi connectivity index (χ0) is 25.2. The lowest BCUT2D eigenvalue weighted by atomic mass is 9.78. The molecule has 3 aromatic rings. The van der Waals surface area contributed by atoms with Crippen molar-refractivity contribution in [3.05, 3.63) is 99.3 Å². The number of aliphatic hydroxyl groups is 1. The fourth-order valence-corrected chi connectivity index (χ4v) is 5.32. The van der Waals surface area contributed by atoms with E-state index in [-0.39, 0.29) is 25.7 Å². The van der Waals surface area contributed by atoms with Crippen LogP contribution in [0.3, 0.4) is 0 Å². The van der Waals surface area contributed by atoms with E-state index in [0.717, 1.165) is 0 Å². The summed E-state index contributed by atoms with van der Waals surface area (Å²) in [5.41, 5.74) is 4.59. The van der Waals surface area contributed by atoms with Crippen LogP contribution in [0, 0.1) is 0 Å². The maximum absolute atomic E-state index is 13.8. The van der Waals surface area contributed by atoms with Crippen LogP contribution in [0.4, 0.5) is 0 Å². The summed E-state index contributed by atoms with van der Waals surface area (Å²) in [5.74, 6) is -1.69. The minimum atomic E-state index is -0.920. The zero-order valence-electron chi connectivity index (χ0n) is 19.0. The highest BCUT2D eigenvalue weighted by atomic mass is 35.5. The van der Waals surface area contributed by atoms with E-state index in [1.807, 2.05) is 6.07 Å². The predicted octanol–water partition coefficient (Wildman–Crippen LogP) is 3.68. The van der Waals surface area contributed by atoms with Crippen LogP contribution in [-0.4, -0.2) is 52.2 Å². The van der Waals surface area contributed by atoms with E-state index in [1.54, 1.807) is 60.8 Å². The molecular weight excluding hydrogens is 505 g/mol. The van der Waals surface area contributed by atoms with Crippen molar-refractivity contribution < 1.29 is 24.3 Å². The predicted molar refractivity (Wildman–Crippen MR) is 132 cm³/mol. The maximum atomic E-state index is 13.8. The highest BCUT2D eigenvalue weighted by Crippen LogP contribution is 2.47. The molecule has 0 radical (unpaired) electrons. The van der Waals surface area contributed by atoms with Gasteiger partial charge in [0.05, 0.1) is 43.0 Å². The first-order chi connectivity index (χ1) is 17.5. The van der Waals surface area contributed by atoms with Gasteiger partial charge in [0.1, 0.15) is 6.61 Å². The number of benzene rings is 2. The van der Waals surface area contributed by atoms with Crippen LogP contribution in [-0.2, 0) is 21.0 Å². The Morgan fingerprint density at radius 1 is 1.11 bits per heavy atom. The highest BCUT2D eigenvalue weighted by Gasteiger charge is 2.49. The molecule has 186 valence electrons. The number of carbonyl (C=O) groups is 2. The van der Waals surface area contributed by atoms with Crippen molar-refractivity contribution in [2.75, 3.05) is 13.2 Å². The molecule has 2 aliphatic heterocycles. The Kier molecular flexibility index (Phi) is 7.22. The molecule has 8 nitrogen and oxygen atoms in total. The van der Waals surface area contributed by atoms with Gasteiger partial charge in [-0.1, -0.05) is 53.5 Å². The molecule has 2 aromatic carbocycles. The Balaban J connectivity index is 1.57. The molecule has 0 spiro atoms. The van der Waals surface area contributed by atoms with Gasteiger partial charge >= 0.3 is 0 Å². The average molecular weight is 528 g/mol. The van der Waals surface area contributed by atoms with E-state index in [0.29, 0.717) is 32.4 Å². The Labute approximate surface area is 217 Å². The van der Waals surface area contributed by atoms with E-state index >= 15 is 0 Å². The average Bonchev–Trinajstić information content (AvgIpc) is 3.30. The molecular formula is C26H23Cl2N3O5. The quantitative estimate of drug-likeness (QED) is 0.474. The van der Waals surface area contributed by atoms with Crippen molar-refractivity contribution in [1.82, 2.24) is 15.4 Å². The molecule has 0 saturated carbocycles. The SMILES string of the molecule is O=C(NOCc1ccccn1)C1c2ccccc2C(=O)N(C2COCC2O)C1c1ccc(Cl)cc1Cl. The third kappa shape index (κ3) is 4.70. The molecule has 36 heavy (non-hydrogen) atoms. The number of aromatic nitrogens is 1. The number of pyridine rings is 1. The van der Waals surface area contributed by atoms with Gasteiger partial charge < -0.3 is 14.7 Å². The lowest BCUT2D eigenvalue weighted by molar-refractivity contribution is -0.138. The van der Waals surface area contributed by atoms with Gasteiger partial charge in [-0.05, 0) is 41.5 Å². The summed E-state index contributed by atoms with van der Waals surface area (Å²) in [6, 6.07) is 15.7. The summed E-state index contributed by atoms with van der Waals surface area (Å²) in [5, 5.41) is 11.4. The fourth-order valence-electron chi connectivity index (χ4n) is 4.80.